The molecule has 4 unspecified atom stereocenters. The average Bonchev–Trinajstić information content (AvgIpc) is 3.08. The van der Waals surface area contributed by atoms with E-state index in [4.69, 9.17) is 14.2 Å². The Balaban J connectivity index is 1.85. The van der Waals surface area contributed by atoms with Gasteiger partial charge in [-0.05, 0) is 19.3 Å². The van der Waals surface area contributed by atoms with Gasteiger partial charge in [0, 0.05) is 5.92 Å². The Morgan fingerprint density at radius 3 is 2.79 bits per heavy atom. The molecule has 6 heteroatoms. The second kappa shape index (κ2) is 4.94. The van der Waals surface area contributed by atoms with Crippen molar-refractivity contribution in [2.24, 2.45) is 5.92 Å². The zero-order chi connectivity index (χ0) is 13.4. The van der Waals surface area contributed by atoms with Crippen molar-refractivity contribution < 1.29 is 19.3 Å². The first-order valence-electron chi connectivity index (χ1n) is 6.51. The molecule has 1 N–H and O–H groups in total. The molecule has 3 rings (SSSR count). The van der Waals surface area contributed by atoms with E-state index in [9.17, 15) is 5.11 Å². The normalized spacial score (nSPS) is 30.4. The van der Waals surface area contributed by atoms with Gasteiger partial charge in [-0.3, -0.25) is 0 Å². The lowest BCUT2D eigenvalue weighted by Gasteiger charge is -2.24. The van der Waals surface area contributed by atoms with Gasteiger partial charge in [-0.15, -0.1) is 0 Å². The summed E-state index contributed by atoms with van der Waals surface area (Å²) in [5.41, 5.74) is 0.462. The summed E-state index contributed by atoms with van der Waals surface area (Å²) in [5, 5.41) is 10.5. The van der Waals surface area contributed by atoms with E-state index in [0.29, 0.717) is 23.6 Å². The van der Waals surface area contributed by atoms with Gasteiger partial charge in [-0.1, -0.05) is 0 Å². The molecule has 0 saturated carbocycles. The third kappa shape index (κ3) is 2.15. The number of hydrogen-bond donors (Lipinski definition) is 1. The van der Waals surface area contributed by atoms with Crippen LogP contribution in [-0.2, 0) is 4.74 Å². The Kier molecular flexibility index (Phi) is 3.28. The van der Waals surface area contributed by atoms with Crippen LogP contribution in [0.1, 0.15) is 31.1 Å². The Bertz CT molecular complexity index is 468. The first kappa shape index (κ1) is 12.6. The summed E-state index contributed by atoms with van der Waals surface area (Å²) in [5.74, 6) is 0.766. The summed E-state index contributed by atoms with van der Waals surface area (Å²) < 4.78 is 16.0. The van der Waals surface area contributed by atoms with Gasteiger partial charge in [-0.25, -0.2) is 4.98 Å². The molecular formula is C13H18N2O4. The predicted molar refractivity (Wildman–Crippen MR) is 66.1 cm³/mol. The molecule has 0 amide bonds. The number of nitrogens with zero attached hydrogens (tertiary/aromatic N) is 2. The Morgan fingerprint density at radius 1 is 1.37 bits per heavy atom. The Morgan fingerprint density at radius 2 is 2.21 bits per heavy atom. The number of fused-ring (bicyclic) bond motifs is 2. The number of rotatable bonds is 4. The smallest absolute Gasteiger partial charge is 0.241 e. The van der Waals surface area contributed by atoms with Crippen molar-refractivity contribution >= 4 is 0 Å². The van der Waals surface area contributed by atoms with Gasteiger partial charge in [0.2, 0.25) is 11.8 Å². The third-order valence-corrected chi connectivity index (χ3v) is 3.99. The zero-order valence-electron chi connectivity index (χ0n) is 11.1. The fourth-order valence-electron chi connectivity index (χ4n) is 3.03. The van der Waals surface area contributed by atoms with Crippen molar-refractivity contribution in [2.45, 2.75) is 37.6 Å². The predicted octanol–water partition coefficient (Wildman–Crippen LogP) is 1.09. The number of hydrogen-bond acceptors (Lipinski definition) is 6. The molecule has 104 valence electrons. The molecule has 0 aliphatic carbocycles. The fraction of sp³-hybridized carbons (Fsp3) is 0.692. The molecule has 1 aromatic heterocycles. The monoisotopic (exact) mass is 266 g/mol. The Labute approximate surface area is 111 Å². The molecule has 0 aromatic carbocycles. The first-order chi connectivity index (χ1) is 9.22. The molecule has 2 saturated heterocycles. The van der Waals surface area contributed by atoms with Crippen molar-refractivity contribution in [3.63, 3.8) is 0 Å². The van der Waals surface area contributed by atoms with Gasteiger partial charge in [0.05, 0.1) is 32.6 Å². The second-order valence-electron chi connectivity index (χ2n) is 5.03. The number of aliphatic hydroxyl groups is 1. The maximum Gasteiger partial charge on any atom is 0.241 e. The van der Waals surface area contributed by atoms with Crippen LogP contribution in [0.25, 0.3) is 0 Å². The molecule has 19 heavy (non-hydrogen) atoms. The van der Waals surface area contributed by atoms with Gasteiger partial charge in [0.25, 0.3) is 0 Å². The van der Waals surface area contributed by atoms with Crippen molar-refractivity contribution in [1.29, 1.82) is 0 Å². The van der Waals surface area contributed by atoms with E-state index in [2.05, 4.69) is 9.97 Å². The van der Waals surface area contributed by atoms with E-state index >= 15 is 0 Å². The second-order valence-corrected chi connectivity index (χ2v) is 5.03. The molecule has 4 atom stereocenters. The molecular weight excluding hydrogens is 248 g/mol. The minimum Gasteiger partial charge on any atom is -0.480 e. The lowest BCUT2D eigenvalue weighted by molar-refractivity contribution is 0.0386. The third-order valence-electron chi connectivity index (χ3n) is 3.99. The van der Waals surface area contributed by atoms with Gasteiger partial charge >= 0.3 is 0 Å². The van der Waals surface area contributed by atoms with E-state index in [1.54, 1.807) is 0 Å². The van der Waals surface area contributed by atoms with Crippen LogP contribution in [0, 0.1) is 5.92 Å². The zero-order valence-corrected chi connectivity index (χ0v) is 11.1. The molecule has 2 bridgehead atoms. The highest BCUT2D eigenvalue weighted by Gasteiger charge is 2.45. The van der Waals surface area contributed by atoms with Crippen molar-refractivity contribution in [2.75, 3.05) is 14.2 Å². The molecule has 2 aliphatic heterocycles. The molecule has 0 spiro atoms. The highest BCUT2D eigenvalue weighted by molar-refractivity contribution is 5.25. The standard InChI is InChI=1S/C13H18N2O4/c1-17-10-6-14-11(13(15-10)18-2)12(16)8-5-7-3-4-9(8)19-7/h6-9,12,16H,3-5H2,1-2H3. The summed E-state index contributed by atoms with van der Waals surface area (Å²) in [4.78, 5) is 8.39. The molecule has 2 fully saturated rings. The van der Waals surface area contributed by atoms with Crippen LogP contribution in [0.4, 0.5) is 0 Å². The minimum atomic E-state index is -0.705. The fourth-order valence-corrected chi connectivity index (χ4v) is 3.03. The van der Waals surface area contributed by atoms with Crippen LogP contribution < -0.4 is 9.47 Å². The lowest BCUT2D eigenvalue weighted by atomic mass is 9.84. The number of methoxy groups -OCH3 is 2. The molecule has 2 aliphatic rings. The number of aromatic nitrogens is 2. The lowest BCUT2D eigenvalue weighted by Crippen LogP contribution is -2.24. The summed E-state index contributed by atoms with van der Waals surface area (Å²) in [6, 6.07) is 0. The van der Waals surface area contributed by atoms with E-state index < -0.39 is 6.10 Å². The van der Waals surface area contributed by atoms with Crippen LogP contribution in [0.5, 0.6) is 11.8 Å². The average molecular weight is 266 g/mol. The summed E-state index contributed by atoms with van der Waals surface area (Å²) >= 11 is 0. The van der Waals surface area contributed by atoms with Crippen LogP contribution in [0.15, 0.2) is 6.20 Å². The topological polar surface area (TPSA) is 73.7 Å². The molecule has 6 nitrogen and oxygen atoms in total. The van der Waals surface area contributed by atoms with Gasteiger partial charge in [0.1, 0.15) is 11.8 Å². The Hall–Kier alpha value is -1.40. The molecule has 3 heterocycles. The van der Waals surface area contributed by atoms with Crippen molar-refractivity contribution in [3.8, 4) is 11.8 Å². The van der Waals surface area contributed by atoms with Gasteiger partial charge in [-0.2, -0.15) is 4.98 Å². The quantitative estimate of drug-likeness (QED) is 0.879. The maximum absolute atomic E-state index is 10.5. The molecule has 1 aromatic rings. The summed E-state index contributed by atoms with van der Waals surface area (Å²) in [7, 11) is 3.03. The highest BCUT2D eigenvalue weighted by Crippen LogP contribution is 2.45. The van der Waals surface area contributed by atoms with E-state index in [1.807, 2.05) is 0 Å². The van der Waals surface area contributed by atoms with Crippen LogP contribution in [0.3, 0.4) is 0 Å². The van der Waals surface area contributed by atoms with Crippen LogP contribution >= 0.6 is 0 Å². The van der Waals surface area contributed by atoms with Crippen molar-refractivity contribution in [3.05, 3.63) is 11.9 Å². The number of ether oxygens (including phenoxy) is 3. The summed E-state index contributed by atoms with van der Waals surface area (Å²) in [6.07, 6.45) is 4.20. The first-order valence-corrected chi connectivity index (χ1v) is 6.51. The maximum atomic E-state index is 10.5. The van der Waals surface area contributed by atoms with Gasteiger partial charge in [0.15, 0.2) is 0 Å². The number of aliphatic hydroxyl groups excluding tert-OH is 1. The van der Waals surface area contributed by atoms with E-state index in [1.165, 1.54) is 20.4 Å². The van der Waals surface area contributed by atoms with Gasteiger partial charge < -0.3 is 19.3 Å². The van der Waals surface area contributed by atoms with E-state index in [-0.39, 0.29) is 12.0 Å². The molecule has 0 radical (unpaired) electrons. The minimum absolute atomic E-state index is 0.0790. The van der Waals surface area contributed by atoms with Crippen LogP contribution in [-0.4, -0.2) is 41.5 Å². The largest absolute Gasteiger partial charge is 0.480 e. The van der Waals surface area contributed by atoms with Crippen molar-refractivity contribution in [1.82, 2.24) is 9.97 Å². The summed E-state index contributed by atoms with van der Waals surface area (Å²) in [6.45, 7) is 0. The van der Waals surface area contributed by atoms with Crippen LogP contribution in [0.2, 0.25) is 0 Å². The SMILES string of the molecule is COc1cnc(C(O)C2CC3CCC2O3)c(OC)n1. The highest BCUT2D eigenvalue weighted by atomic mass is 16.5. The van der Waals surface area contributed by atoms with E-state index in [0.717, 1.165) is 19.3 Å².